The highest BCUT2D eigenvalue weighted by Crippen LogP contribution is 2.40. The molecular formula is C18H24Cl2N2O2. The SMILES string of the molecule is O=C1CCC2(CCN(Cc3ccc(Cl)cc3Cl)CC2)CN1CCO. The summed E-state index contributed by atoms with van der Waals surface area (Å²) in [5.41, 5.74) is 1.33. The van der Waals surface area contributed by atoms with Gasteiger partial charge >= 0.3 is 0 Å². The van der Waals surface area contributed by atoms with E-state index < -0.39 is 0 Å². The molecule has 2 heterocycles. The number of hydrogen-bond donors (Lipinski definition) is 1. The summed E-state index contributed by atoms with van der Waals surface area (Å²) in [6.07, 6.45) is 3.77. The van der Waals surface area contributed by atoms with E-state index in [2.05, 4.69) is 4.90 Å². The monoisotopic (exact) mass is 370 g/mol. The summed E-state index contributed by atoms with van der Waals surface area (Å²) in [7, 11) is 0. The Bertz CT molecular complexity index is 601. The zero-order valence-electron chi connectivity index (χ0n) is 13.8. The van der Waals surface area contributed by atoms with E-state index in [0.717, 1.165) is 56.0 Å². The van der Waals surface area contributed by atoms with Crippen molar-refractivity contribution in [3.63, 3.8) is 0 Å². The number of piperidine rings is 2. The maximum Gasteiger partial charge on any atom is 0.222 e. The van der Waals surface area contributed by atoms with Gasteiger partial charge in [0, 0.05) is 36.1 Å². The Morgan fingerprint density at radius 1 is 1.17 bits per heavy atom. The summed E-state index contributed by atoms with van der Waals surface area (Å²) in [5.74, 6) is 0.185. The van der Waals surface area contributed by atoms with Crippen LogP contribution in [0.3, 0.4) is 0 Å². The van der Waals surface area contributed by atoms with Crippen molar-refractivity contribution < 1.29 is 9.90 Å². The van der Waals surface area contributed by atoms with E-state index in [1.165, 1.54) is 0 Å². The van der Waals surface area contributed by atoms with Crippen LogP contribution in [0, 0.1) is 5.41 Å². The molecule has 0 aromatic heterocycles. The van der Waals surface area contributed by atoms with Crippen molar-refractivity contribution in [2.24, 2.45) is 5.41 Å². The highest BCUT2D eigenvalue weighted by atomic mass is 35.5. The van der Waals surface area contributed by atoms with Crippen molar-refractivity contribution >= 4 is 29.1 Å². The van der Waals surface area contributed by atoms with Gasteiger partial charge in [-0.2, -0.15) is 0 Å². The van der Waals surface area contributed by atoms with Gasteiger partial charge in [-0.15, -0.1) is 0 Å². The molecule has 0 atom stereocenters. The van der Waals surface area contributed by atoms with Crippen LogP contribution in [-0.2, 0) is 11.3 Å². The molecule has 0 saturated carbocycles. The smallest absolute Gasteiger partial charge is 0.222 e. The van der Waals surface area contributed by atoms with Crippen LogP contribution in [0.25, 0.3) is 0 Å². The fourth-order valence-corrected chi connectivity index (χ4v) is 4.38. The highest BCUT2D eigenvalue weighted by molar-refractivity contribution is 6.35. The van der Waals surface area contributed by atoms with Crippen molar-refractivity contribution in [3.05, 3.63) is 33.8 Å². The molecule has 1 spiro atoms. The second-order valence-electron chi connectivity index (χ2n) is 7.05. The van der Waals surface area contributed by atoms with Crippen LogP contribution in [0.15, 0.2) is 18.2 Å². The molecule has 0 bridgehead atoms. The molecule has 6 heteroatoms. The van der Waals surface area contributed by atoms with Crippen LogP contribution in [0.2, 0.25) is 10.0 Å². The van der Waals surface area contributed by atoms with Crippen LogP contribution >= 0.6 is 23.2 Å². The second-order valence-corrected chi connectivity index (χ2v) is 7.89. The second kappa shape index (κ2) is 7.61. The summed E-state index contributed by atoms with van der Waals surface area (Å²) in [5, 5.41) is 10.5. The van der Waals surface area contributed by atoms with Crippen molar-refractivity contribution in [3.8, 4) is 0 Å². The van der Waals surface area contributed by atoms with Gasteiger partial charge in [0.1, 0.15) is 0 Å². The van der Waals surface area contributed by atoms with Crippen molar-refractivity contribution in [1.82, 2.24) is 9.80 Å². The van der Waals surface area contributed by atoms with Crippen LogP contribution < -0.4 is 0 Å². The number of likely N-dealkylation sites (tertiary alicyclic amines) is 2. The minimum atomic E-state index is 0.0447. The lowest BCUT2D eigenvalue weighted by Crippen LogP contribution is -2.51. The number of aliphatic hydroxyl groups is 1. The number of halogens is 2. The van der Waals surface area contributed by atoms with Gasteiger partial charge in [0.25, 0.3) is 0 Å². The first-order valence-electron chi connectivity index (χ1n) is 8.56. The molecule has 3 rings (SSSR count). The molecule has 1 aromatic rings. The first kappa shape index (κ1) is 18.0. The molecule has 2 aliphatic heterocycles. The van der Waals surface area contributed by atoms with E-state index in [1.54, 1.807) is 6.07 Å². The van der Waals surface area contributed by atoms with E-state index in [4.69, 9.17) is 28.3 Å². The standard InChI is InChI=1S/C18H24Cl2N2O2/c19-15-2-1-14(16(20)11-15)12-21-7-5-18(6-8-21)4-3-17(24)22(13-18)9-10-23/h1-2,11,23H,3-10,12-13H2. The van der Waals surface area contributed by atoms with Crippen LogP contribution in [0.5, 0.6) is 0 Å². The van der Waals surface area contributed by atoms with Crippen LogP contribution in [-0.4, -0.2) is 53.6 Å². The van der Waals surface area contributed by atoms with Gasteiger partial charge in [-0.25, -0.2) is 0 Å². The van der Waals surface area contributed by atoms with Crippen molar-refractivity contribution in [2.45, 2.75) is 32.2 Å². The van der Waals surface area contributed by atoms with E-state index >= 15 is 0 Å². The average molecular weight is 371 g/mol. The Labute approximate surface area is 153 Å². The van der Waals surface area contributed by atoms with Gasteiger partial charge < -0.3 is 10.0 Å². The molecule has 0 radical (unpaired) electrons. The number of aliphatic hydroxyl groups excluding tert-OH is 1. The number of nitrogens with zero attached hydrogens (tertiary/aromatic N) is 2. The predicted octanol–water partition coefficient (Wildman–Crippen LogP) is 3.19. The minimum Gasteiger partial charge on any atom is -0.395 e. The Morgan fingerprint density at radius 3 is 2.58 bits per heavy atom. The molecule has 1 aromatic carbocycles. The Hall–Kier alpha value is -0.810. The molecule has 1 N–H and O–H groups in total. The fraction of sp³-hybridized carbons (Fsp3) is 0.611. The van der Waals surface area contributed by atoms with E-state index in [-0.39, 0.29) is 17.9 Å². The summed E-state index contributed by atoms with van der Waals surface area (Å²) in [4.78, 5) is 16.2. The van der Waals surface area contributed by atoms with Gasteiger partial charge in [-0.3, -0.25) is 9.69 Å². The zero-order valence-corrected chi connectivity index (χ0v) is 15.3. The number of hydrogen-bond acceptors (Lipinski definition) is 3. The first-order chi connectivity index (χ1) is 11.5. The van der Waals surface area contributed by atoms with E-state index in [9.17, 15) is 4.79 Å². The predicted molar refractivity (Wildman–Crippen MR) is 96.3 cm³/mol. The molecule has 24 heavy (non-hydrogen) atoms. The van der Waals surface area contributed by atoms with Gasteiger partial charge in [-0.1, -0.05) is 29.3 Å². The Balaban J connectivity index is 1.58. The quantitative estimate of drug-likeness (QED) is 0.884. The molecule has 132 valence electrons. The van der Waals surface area contributed by atoms with Crippen molar-refractivity contribution in [2.75, 3.05) is 32.8 Å². The van der Waals surface area contributed by atoms with E-state index in [0.29, 0.717) is 18.0 Å². The summed E-state index contributed by atoms with van der Waals surface area (Å²) in [6.45, 7) is 4.17. The number of rotatable bonds is 4. The third kappa shape index (κ3) is 4.05. The number of β-amino-alcohol motifs (C(OH)–C–C–N with tert-alkyl or cyclic N) is 1. The minimum absolute atomic E-state index is 0.0447. The maximum atomic E-state index is 12.0. The lowest BCUT2D eigenvalue weighted by Gasteiger charge is -2.47. The molecule has 2 aliphatic rings. The average Bonchev–Trinajstić information content (AvgIpc) is 2.56. The molecule has 2 fully saturated rings. The summed E-state index contributed by atoms with van der Waals surface area (Å²) < 4.78 is 0. The topological polar surface area (TPSA) is 43.8 Å². The number of carbonyl (C=O) groups excluding carboxylic acids is 1. The van der Waals surface area contributed by atoms with Gasteiger partial charge in [-0.05, 0) is 55.5 Å². The normalized spacial score (nSPS) is 21.5. The largest absolute Gasteiger partial charge is 0.395 e. The molecule has 1 amide bonds. The van der Waals surface area contributed by atoms with Crippen LogP contribution in [0.1, 0.15) is 31.2 Å². The van der Waals surface area contributed by atoms with Gasteiger partial charge in [0.05, 0.1) is 6.61 Å². The summed E-state index contributed by atoms with van der Waals surface area (Å²) in [6, 6.07) is 5.68. The Morgan fingerprint density at radius 2 is 1.92 bits per heavy atom. The zero-order chi connectivity index (χ0) is 17.2. The van der Waals surface area contributed by atoms with Crippen LogP contribution in [0.4, 0.5) is 0 Å². The molecule has 0 aliphatic carbocycles. The molecular weight excluding hydrogens is 347 g/mol. The highest BCUT2D eigenvalue weighted by Gasteiger charge is 2.40. The number of amides is 1. The Kier molecular flexibility index (Phi) is 5.70. The van der Waals surface area contributed by atoms with Crippen molar-refractivity contribution in [1.29, 1.82) is 0 Å². The van der Waals surface area contributed by atoms with Gasteiger partial charge in [0.2, 0.25) is 5.91 Å². The number of benzene rings is 1. The molecule has 2 saturated heterocycles. The number of carbonyl (C=O) groups is 1. The summed E-state index contributed by atoms with van der Waals surface area (Å²) >= 11 is 12.2. The molecule has 0 unspecified atom stereocenters. The van der Waals surface area contributed by atoms with E-state index in [1.807, 2.05) is 17.0 Å². The lowest BCUT2D eigenvalue weighted by molar-refractivity contribution is -0.139. The third-order valence-electron chi connectivity index (χ3n) is 5.44. The maximum absolute atomic E-state index is 12.0. The fourth-order valence-electron chi connectivity index (χ4n) is 3.91. The molecule has 4 nitrogen and oxygen atoms in total. The third-order valence-corrected chi connectivity index (χ3v) is 6.03. The van der Waals surface area contributed by atoms with Gasteiger partial charge in [0.15, 0.2) is 0 Å². The first-order valence-corrected chi connectivity index (χ1v) is 9.32. The lowest BCUT2D eigenvalue weighted by atomic mass is 9.72.